The first-order valence-electron chi connectivity index (χ1n) is 8.90. The molecule has 0 aliphatic carbocycles. The van der Waals surface area contributed by atoms with Gasteiger partial charge in [-0.25, -0.2) is 4.68 Å². The number of aromatic hydroxyl groups is 1. The minimum atomic E-state index is -1.04. The minimum absolute atomic E-state index is 0.0257. The van der Waals surface area contributed by atoms with E-state index in [9.17, 15) is 19.8 Å². The van der Waals surface area contributed by atoms with Gasteiger partial charge < -0.3 is 20.3 Å². The molecule has 1 aromatic heterocycles. The molecule has 0 radical (unpaired) electrons. The number of nitrogens with one attached hydrogen (secondary N) is 1. The Kier molecular flexibility index (Phi) is 5.82. The lowest BCUT2D eigenvalue weighted by atomic mass is 9.98. The van der Waals surface area contributed by atoms with Crippen molar-refractivity contribution in [1.29, 1.82) is 0 Å². The molecule has 0 spiro atoms. The van der Waals surface area contributed by atoms with Gasteiger partial charge >= 0.3 is 5.97 Å². The Labute approximate surface area is 167 Å². The number of amides is 1. The maximum absolute atomic E-state index is 12.7. The number of aromatic nitrogens is 2. The molecule has 0 saturated heterocycles. The second-order valence-corrected chi connectivity index (χ2v) is 6.48. The normalized spacial score (nSPS) is 11.7. The summed E-state index contributed by atoms with van der Waals surface area (Å²) in [6.07, 6.45) is -0.276. The van der Waals surface area contributed by atoms with Crippen LogP contribution in [0, 0.1) is 6.92 Å². The first kappa shape index (κ1) is 19.9. The van der Waals surface area contributed by atoms with E-state index in [2.05, 4.69) is 10.4 Å². The average Bonchev–Trinajstić information content (AvgIpc) is 3.09. The molecule has 1 atom stereocenters. The van der Waals surface area contributed by atoms with Crippen molar-refractivity contribution in [3.05, 3.63) is 71.4 Å². The summed E-state index contributed by atoms with van der Waals surface area (Å²) >= 11 is 0. The van der Waals surface area contributed by atoms with Crippen LogP contribution in [-0.4, -0.2) is 39.0 Å². The van der Waals surface area contributed by atoms with Gasteiger partial charge in [-0.05, 0) is 42.3 Å². The highest BCUT2D eigenvalue weighted by Gasteiger charge is 2.22. The summed E-state index contributed by atoms with van der Waals surface area (Å²) in [4.78, 5) is 24.0. The standard InChI is InChI=1S/C21H21N3O5/c1-13-5-3-4-6-16(13)17(12-20(26)27)22-21(28)18-11-19(25)24(23-18)14-7-9-15(29-2)10-8-14/h3-11,17,25H,12H2,1-2H3,(H,22,28)(H,26,27)/t17-/m0/s1. The summed E-state index contributed by atoms with van der Waals surface area (Å²) < 4.78 is 6.32. The summed E-state index contributed by atoms with van der Waals surface area (Å²) in [6, 6.07) is 14.5. The molecule has 150 valence electrons. The van der Waals surface area contributed by atoms with E-state index in [0.717, 1.165) is 5.56 Å². The van der Waals surface area contributed by atoms with Crippen molar-refractivity contribution >= 4 is 11.9 Å². The van der Waals surface area contributed by atoms with Crippen molar-refractivity contribution in [2.45, 2.75) is 19.4 Å². The second kappa shape index (κ2) is 8.47. The average molecular weight is 395 g/mol. The number of aryl methyl sites for hydroxylation is 1. The number of nitrogens with zero attached hydrogens (tertiary/aromatic N) is 2. The van der Waals surface area contributed by atoms with Crippen LogP contribution in [0.5, 0.6) is 11.6 Å². The SMILES string of the molecule is COc1ccc(-n2nc(C(=O)N[C@@H](CC(=O)O)c3ccccc3C)cc2O)cc1. The fourth-order valence-corrected chi connectivity index (χ4v) is 3.02. The molecule has 3 aromatic rings. The number of rotatable bonds is 7. The van der Waals surface area contributed by atoms with Gasteiger partial charge in [0.25, 0.3) is 5.91 Å². The van der Waals surface area contributed by atoms with E-state index in [1.165, 1.54) is 10.7 Å². The highest BCUT2D eigenvalue weighted by atomic mass is 16.5. The lowest BCUT2D eigenvalue weighted by Gasteiger charge is -2.18. The summed E-state index contributed by atoms with van der Waals surface area (Å²) in [5.74, 6) is -1.19. The van der Waals surface area contributed by atoms with Gasteiger partial charge in [-0.15, -0.1) is 0 Å². The number of hydrogen-bond acceptors (Lipinski definition) is 5. The first-order valence-corrected chi connectivity index (χ1v) is 8.90. The molecule has 0 bridgehead atoms. The van der Waals surface area contributed by atoms with Gasteiger partial charge in [-0.1, -0.05) is 24.3 Å². The number of carbonyl (C=O) groups excluding carboxylic acids is 1. The molecule has 1 amide bonds. The van der Waals surface area contributed by atoms with E-state index in [-0.39, 0.29) is 18.0 Å². The molecule has 0 saturated carbocycles. The molecule has 8 heteroatoms. The van der Waals surface area contributed by atoms with E-state index >= 15 is 0 Å². The number of aliphatic carboxylic acids is 1. The molecule has 0 fully saturated rings. The molecule has 3 rings (SSSR count). The summed E-state index contributed by atoms with van der Waals surface area (Å²) in [6.45, 7) is 1.85. The number of carboxylic acid groups (broad SMARTS) is 1. The molecule has 2 aromatic carbocycles. The van der Waals surface area contributed by atoms with Gasteiger partial charge in [0.05, 0.1) is 25.3 Å². The van der Waals surface area contributed by atoms with Crippen LogP contribution in [0.2, 0.25) is 0 Å². The van der Waals surface area contributed by atoms with E-state index in [0.29, 0.717) is 17.0 Å². The maximum Gasteiger partial charge on any atom is 0.305 e. The molecule has 29 heavy (non-hydrogen) atoms. The van der Waals surface area contributed by atoms with Gasteiger partial charge in [0.1, 0.15) is 5.75 Å². The van der Waals surface area contributed by atoms with Crippen LogP contribution < -0.4 is 10.1 Å². The molecular formula is C21H21N3O5. The van der Waals surface area contributed by atoms with E-state index in [1.54, 1.807) is 43.5 Å². The van der Waals surface area contributed by atoms with Crippen LogP contribution in [0.4, 0.5) is 0 Å². The Hall–Kier alpha value is -3.81. The van der Waals surface area contributed by atoms with Gasteiger partial charge in [-0.3, -0.25) is 9.59 Å². The van der Waals surface area contributed by atoms with Crippen molar-refractivity contribution in [3.8, 4) is 17.3 Å². The number of methoxy groups -OCH3 is 1. The van der Waals surface area contributed by atoms with Crippen LogP contribution in [0.15, 0.2) is 54.6 Å². The van der Waals surface area contributed by atoms with E-state index in [1.807, 2.05) is 19.1 Å². The van der Waals surface area contributed by atoms with Gasteiger partial charge in [0.15, 0.2) is 5.69 Å². The highest BCUT2D eigenvalue weighted by Crippen LogP contribution is 2.23. The van der Waals surface area contributed by atoms with Crippen molar-refractivity contribution in [1.82, 2.24) is 15.1 Å². The lowest BCUT2D eigenvalue weighted by Crippen LogP contribution is -2.31. The number of carboxylic acids is 1. The quantitative estimate of drug-likeness (QED) is 0.567. The predicted octanol–water partition coefficient (Wildman–Crippen LogP) is 2.84. The van der Waals surface area contributed by atoms with Gasteiger partial charge in [0, 0.05) is 6.07 Å². The van der Waals surface area contributed by atoms with Crippen LogP contribution >= 0.6 is 0 Å². The summed E-state index contributed by atoms with van der Waals surface area (Å²) in [7, 11) is 1.55. The fraction of sp³-hybridized carbons (Fsp3) is 0.190. The molecule has 3 N–H and O–H groups in total. The Bertz CT molecular complexity index is 1030. The Balaban J connectivity index is 1.85. The van der Waals surface area contributed by atoms with E-state index in [4.69, 9.17) is 4.74 Å². The smallest absolute Gasteiger partial charge is 0.305 e. The third-order valence-electron chi connectivity index (χ3n) is 4.49. The van der Waals surface area contributed by atoms with Crippen LogP contribution in [0.25, 0.3) is 5.69 Å². The van der Waals surface area contributed by atoms with Gasteiger partial charge in [0.2, 0.25) is 5.88 Å². The predicted molar refractivity (Wildman–Crippen MR) is 105 cm³/mol. The molecule has 0 aliphatic heterocycles. The monoisotopic (exact) mass is 395 g/mol. The topological polar surface area (TPSA) is 114 Å². The number of carbonyl (C=O) groups is 2. The van der Waals surface area contributed by atoms with Crippen LogP contribution in [0.3, 0.4) is 0 Å². The molecule has 0 aliphatic rings. The Morgan fingerprint density at radius 1 is 1.17 bits per heavy atom. The van der Waals surface area contributed by atoms with Gasteiger partial charge in [-0.2, -0.15) is 5.10 Å². The largest absolute Gasteiger partial charge is 0.497 e. The molecular weight excluding hydrogens is 374 g/mol. The van der Waals surface area contributed by atoms with Crippen molar-refractivity contribution in [3.63, 3.8) is 0 Å². The Morgan fingerprint density at radius 3 is 2.48 bits per heavy atom. The number of ether oxygens (including phenoxy) is 1. The van der Waals surface area contributed by atoms with Crippen molar-refractivity contribution in [2.75, 3.05) is 7.11 Å². The third-order valence-corrected chi connectivity index (χ3v) is 4.49. The van der Waals surface area contributed by atoms with Crippen LogP contribution in [-0.2, 0) is 4.79 Å². The zero-order chi connectivity index (χ0) is 21.0. The number of hydrogen-bond donors (Lipinski definition) is 3. The third kappa shape index (κ3) is 4.55. The Morgan fingerprint density at radius 2 is 1.86 bits per heavy atom. The van der Waals surface area contributed by atoms with Crippen molar-refractivity contribution < 1.29 is 24.5 Å². The second-order valence-electron chi connectivity index (χ2n) is 6.48. The first-order chi connectivity index (χ1) is 13.9. The lowest BCUT2D eigenvalue weighted by molar-refractivity contribution is -0.137. The summed E-state index contributed by atoms with van der Waals surface area (Å²) in [5.41, 5.74) is 2.10. The molecule has 8 nitrogen and oxygen atoms in total. The molecule has 0 unspecified atom stereocenters. The fourth-order valence-electron chi connectivity index (χ4n) is 3.02. The zero-order valence-electron chi connectivity index (χ0n) is 16.0. The van der Waals surface area contributed by atoms with E-state index < -0.39 is 17.9 Å². The number of benzene rings is 2. The van der Waals surface area contributed by atoms with Crippen molar-refractivity contribution in [2.24, 2.45) is 0 Å². The minimum Gasteiger partial charge on any atom is -0.497 e. The van der Waals surface area contributed by atoms with Crippen LogP contribution in [0.1, 0.15) is 34.1 Å². The zero-order valence-corrected chi connectivity index (χ0v) is 16.0. The molecule has 1 heterocycles. The maximum atomic E-state index is 12.7. The highest BCUT2D eigenvalue weighted by molar-refractivity contribution is 5.93. The summed E-state index contributed by atoms with van der Waals surface area (Å²) in [5, 5.41) is 26.3.